The molecule has 1 aliphatic rings. The lowest BCUT2D eigenvalue weighted by atomic mass is 9.98. The summed E-state index contributed by atoms with van der Waals surface area (Å²) in [6.07, 6.45) is 4.69. The highest BCUT2D eigenvalue weighted by atomic mass is 16.2. The molecule has 3 atom stereocenters. The summed E-state index contributed by atoms with van der Waals surface area (Å²) >= 11 is 0. The molecule has 0 aromatic heterocycles. The fourth-order valence-electron chi connectivity index (χ4n) is 2.71. The molecule has 3 unspecified atom stereocenters. The van der Waals surface area contributed by atoms with Gasteiger partial charge >= 0.3 is 0 Å². The van der Waals surface area contributed by atoms with Crippen molar-refractivity contribution in [2.75, 3.05) is 26.7 Å². The molecule has 1 aliphatic heterocycles. The molecule has 2 N–H and O–H groups in total. The average molecular weight is 269 g/mol. The Morgan fingerprint density at radius 3 is 2.79 bits per heavy atom. The van der Waals surface area contributed by atoms with Gasteiger partial charge in [0.05, 0.1) is 6.04 Å². The van der Waals surface area contributed by atoms with Crippen molar-refractivity contribution in [3.05, 3.63) is 0 Å². The molecule has 0 aromatic carbocycles. The summed E-state index contributed by atoms with van der Waals surface area (Å²) in [6, 6.07) is 0.242. The fourth-order valence-corrected chi connectivity index (χ4v) is 2.71. The lowest BCUT2D eigenvalue weighted by Crippen LogP contribution is -2.48. The molecule has 1 heterocycles. The molecular weight excluding hydrogens is 238 g/mol. The zero-order chi connectivity index (χ0) is 14.3. The second kappa shape index (κ2) is 8.54. The normalized spacial score (nSPS) is 23.1. The van der Waals surface area contributed by atoms with Crippen molar-refractivity contribution in [3.8, 4) is 0 Å². The van der Waals surface area contributed by atoms with Crippen LogP contribution in [-0.4, -0.2) is 49.6 Å². The van der Waals surface area contributed by atoms with Crippen molar-refractivity contribution in [1.82, 2.24) is 15.5 Å². The number of piperidine rings is 1. The highest BCUT2D eigenvalue weighted by Crippen LogP contribution is 2.12. The van der Waals surface area contributed by atoms with Gasteiger partial charge in [-0.3, -0.25) is 9.69 Å². The first-order valence-corrected chi connectivity index (χ1v) is 7.76. The molecule has 0 saturated carbocycles. The molecule has 0 bridgehead atoms. The van der Waals surface area contributed by atoms with E-state index in [0.717, 1.165) is 32.5 Å². The van der Waals surface area contributed by atoms with Crippen molar-refractivity contribution in [3.63, 3.8) is 0 Å². The lowest BCUT2D eigenvalue weighted by molar-refractivity contribution is -0.126. The Morgan fingerprint density at radius 1 is 1.47 bits per heavy atom. The Hall–Kier alpha value is -0.610. The van der Waals surface area contributed by atoms with Crippen LogP contribution in [0.5, 0.6) is 0 Å². The molecular formula is C15H31N3O. The van der Waals surface area contributed by atoms with E-state index in [9.17, 15) is 4.79 Å². The van der Waals surface area contributed by atoms with E-state index < -0.39 is 0 Å². The number of hydrogen-bond acceptors (Lipinski definition) is 3. The third-order valence-corrected chi connectivity index (χ3v) is 4.10. The number of carbonyl (C=O) groups excluding carboxylic acids is 1. The van der Waals surface area contributed by atoms with Gasteiger partial charge in [0.25, 0.3) is 0 Å². The summed E-state index contributed by atoms with van der Waals surface area (Å²) in [7, 11) is 2.06. The summed E-state index contributed by atoms with van der Waals surface area (Å²) in [5, 5.41) is 6.53. The summed E-state index contributed by atoms with van der Waals surface area (Å²) in [4.78, 5) is 14.3. The minimum absolute atomic E-state index is 0.0405. The highest BCUT2D eigenvalue weighted by Gasteiger charge is 2.22. The Bertz CT molecular complexity index is 264. The van der Waals surface area contributed by atoms with Crippen molar-refractivity contribution >= 4 is 5.91 Å². The molecule has 0 aliphatic carbocycles. The zero-order valence-electron chi connectivity index (χ0n) is 13.0. The van der Waals surface area contributed by atoms with Crippen LogP contribution in [0.25, 0.3) is 0 Å². The van der Waals surface area contributed by atoms with Crippen LogP contribution in [-0.2, 0) is 4.79 Å². The minimum Gasteiger partial charge on any atom is -0.352 e. The first kappa shape index (κ1) is 16.4. The Labute approximate surface area is 118 Å². The summed E-state index contributed by atoms with van der Waals surface area (Å²) in [5.41, 5.74) is 0. The standard InChI is InChI=1S/C15H31N3O/c1-5-7-12(2)17-15(19)13(3)18(4)11-14-8-6-9-16-10-14/h12-14,16H,5-11H2,1-4H3,(H,17,19). The van der Waals surface area contributed by atoms with Crippen molar-refractivity contribution < 1.29 is 4.79 Å². The molecule has 1 saturated heterocycles. The Morgan fingerprint density at radius 2 is 2.21 bits per heavy atom. The van der Waals surface area contributed by atoms with E-state index in [1.165, 1.54) is 12.8 Å². The smallest absolute Gasteiger partial charge is 0.237 e. The lowest BCUT2D eigenvalue weighted by Gasteiger charge is -2.31. The first-order chi connectivity index (χ1) is 9.04. The van der Waals surface area contributed by atoms with Crippen LogP contribution in [0.1, 0.15) is 46.5 Å². The summed E-state index contributed by atoms with van der Waals surface area (Å²) in [6.45, 7) is 9.47. The van der Waals surface area contributed by atoms with Gasteiger partial charge in [-0.05, 0) is 59.2 Å². The van der Waals surface area contributed by atoms with Gasteiger partial charge in [0.2, 0.25) is 5.91 Å². The van der Waals surface area contributed by atoms with E-state index in [-0.39, 0.29) is 18.0 Å². The van der Waals surface area contributed by atoms with Crippen LogP contribution in [0, 0.1) is 5.92 Å². The topological polar surface area (TPSA) is 44.4 Å². The van der Waals surface area contributed by atoms with Gasteiger partial charge in [-0.25, -0.2) is 0 Å². The predicted molar refractivity (Wildman–Crippen MR) is 80.2 cm³/mol. The average Bonchev–Trinajstić information content (AvgIpc) is 2.39. The molecule has 0 spiro atoms. The van der Waals surface area contributed by atoms with Crippen molar-refractivity contribution in [1.29, 1.82) is 0 Å². The quantitative estimate of drug-likeness (QED) is 0.738. The van der Waals surface area contributed by atoms with E-state index in [2.05, 4.69) is 36.4 Å². The number of hydrogen-bond donors (Lipinski definition) is 2. The number of likely N-dealkylation sites (N-methyl/N-ethyl adjacent to an activating group) is 1. The van der Waals surface area contributed by atoms with Gasteiger partial charge in [0.1, 0.15) is 0 Å². The van der Waals surface area contributed by atoms with Gasteiger partial charge in [-0.2, -0.15) is 0 Å². The maximum Gasteiger partial charge on any atom is 0.237 e. The Kier molecular flexibility index (Phi) is 7.39. The van der Waals surface area contributed by atoms with Crippen LogP contribution >= 0.6 is 0 Å². The van der Waals surface area contributed by atoms with E-state index in [4.69, 9.17) is 0 Å². The van der Waals surface area contributed by atoms with Gasteiger partial charge in [-0.15, -0.1) is 0 Å². The number of rotatable bonds is 7. The number of amides is 1. The van der Waals surface area contributed by atoms with Crippen molar-refractivity contribution in [2.45, 2.75) is 58.5 Å². The first-order valence-electron chi connectivity index (χ1n) is 7.76. The number of nitrogens with one attached hydrogen (secondary N) is 2. The molecule has 1 fully saturated rings. The third kappa shape index (κ3) is 5.91. The number of nitrogens with zero attached hydrogens (tertiary/aromatic N) is 1. The van der Waals surface area contributed by atoms with Gasteiger partial charge in [0, 0.05) is 12.6 Å². The molecule has 4 nitrogen and oxygen atoms in total. The second-order valence-corrected chi connectivity index (χ2v) is 6.03. The molecule has 19 heavy (non-hydrogen) atoms. The molecule has 0 aromatic rings. The van der Waals surface area contributed by atoms with Gasteiger partial charge < -0.3 is 10.6 Å². The van der Waals surface area contributed by atoms with Crippen LogP contribution in [0.2, 0.25) is 0 Å². The van der Waals surface area contributed by atoms with E-state index >= 15 is 0 Å². The van der Waals surface area contributed by atoms with E-state index in [1.54, 1.807) is 0 Å². The fraction of sp³-hybridized carbons (Fsp3) is 0.933. The summed E-state index contributed by atoms with van der Waals surface area (Å²) in [5.74, 6) is 0.842. The molecule has 1 amide bonds. The summed E-state index contributed by atoms with van der Waals surface area (Å²) < 4.78 is 0. The second-order valence-electron chi connectivity index (χ2n) is 6.03. The minimum atomic E-state index is -0.0405. The molecule has 1 rings (SSSR count). The molecule has 4 heteroatoms. The van der Waals surface area contributed by atoms with Crippen LogP contribution in [0.4, 0.5) is 0 Å². The molecule has 112 valence electrons. The van der Waals surface area contributed by atoms with Crippen LogP contribution < -0.4 is 10.6 Å². The van der Waals surface area contributed by atoms with E-state index in [1.807, 2.05) is 6.92 Å². The Balaban J connectivity index is 2.33. The SMILES string of the molecule is CCCC(C)NC(=O)C(C)N(C)CC1CCCNC1. The monoisotopic (exact) mass is 269 g/mol. The van der Waals surface area contributed by atoms with Gasteiger partial charge in [-0.1, -0.05) is 13.3 Å². The zero-order valence-corrected chi connectivity index (χ0v) is 13.0. The third-order valence-electron chi connectivity index (χ3n) is 4.10. The predicted octanol–water partition coefficient (Wildman–Crippen LogP) is 1.61. The van der Waals surface area contributed by atoms with Crippen LogP contribution in [0.3, 0.4) is 0 Å². The highest BCUT2D eigenvalue weighted by molar-refractivity contribution is 5.81. The maximum absolute atomic E-state index is 12.1. The van der Waals surface area contributed by atoms with Crippen molar-refractivity contribution in [2.24, 2.45) is 5.92 Å². The van der Waals surface area contributed by atoms with E-state index in [0.29, 0.717) is 5.92 Å². The maximum atomic E-state index is 12.1. The molecule has 0 radical (unpaired) electrons. The largest absolute Gasteiger partial charge is 0.352 e. The number of carbonyl (C=O) groups is 1. The van der Waals surface area contributed by atoms with Crippen LogP contribution in [0.15, 0.2) is 0 Å². The van der Waals surface area contributed by atoms with Gasteiger partial charge in [0.15, 0.2) is 0 Å².